The lowest BCUT2D eigenvalue weighted by Crippen LogP contribution is -2.49. The number of carbonyl (C=O) groups excluding carboxylic acids is 3. The second-order valence-corrected chi connectivity index (χ2v) is 9.20. The molecular formula is C24H37N3O4. The van der Waals surface area contributed by atoms with E-state index in [1.807, 2.05) is 38.1 Å². The lowest BCUT2D eigenvalue weighted by atomic mass is 9.94. The van der Waals surface area contributed by atoms with Crippen molar-refractivity contribution in [2.75, 3.05) is 13.1 Å². The first-order valence-corrected chi connectivity index (χ1v) is 11.2. The standard InChI is InChI=1S/C24H37N3O4/c1-6-27(20(28)16-25-23(30)31-24(3,4)5)21(18-12-10-11-17(2)15-18)22(29)26-19-13-8-7-9-14-19/h10-12,15,19,21H,6-9,13-14,16H2,1-5H3,(H,25,30)(H,26,29). The number of alkyl carbamates (subject to hydrolysis) is 1. The third-order valence-electron chi connectivity index (χ3n) is 5.31. The van der Waals surface area contributed by atoms with Crippen molar-refractivity contribution in [2.24, 2.45) is 0 Å². The first-order chi connectivity index (χ1) is 14.6. The molecule has 0 aromatic heterocycles. The zero-order valence-electron chi connectivity index (χ0n) is 19.5. The van der Waals surface area contributed by atoms with Crippen molar-refractivity contribution in [3.05, 3.63) is 35.4 Å². The SMILES string of the molecule is CCN(C(=O)CNC(=O)OC(C)(C)C)C(C(=O)NC1CCCCC1)c1cccc(C)c1. The Labute approximate surface area is 185 Å². The van der Waals surface area contributed by atoms with Gasteiger partial charge in [0.25, 0.3) is 0 Å². The normalized spacial score (nSPS) is 15.6. The molecule has 1 aliphatic carbocycles. The number of rotatable bonds is 7. The van der Waals surface area contributed by atoms with Gasteiger partial charge in [0.2, 0.25) is 11.8 Å². The maximum atomic E-state index is 13.3. The van der Waals surface area contributed by atoms with Gasteiger partial charge in [0.05, 0.1) is 0 Å². The molecule has 2 rings (SSSR count). The zero-order valence-corrected chi connectivity index (χ0v) is 19.5. The molecule has 1 atom stereocenters. The van der Waals surface area contributed by atoms with Gasteiger partial charge >= 0.3 is 6.09 Å². The molecule has 1 unspecified atom stereocenters. The fourth-order valence-corrected chi connectivity index (χ4v) is 3.91. The van der Waals surface area contributed by atoms with E-state index < -0.39 is 17.7 Å². The van der Waals surface area contributed by atoms with Crippen LogP contribution >= 0.6 is 0 Å². The summed E-state index contributed by atoms with van der Waals surface area (Å²) >= 11 is 0. The monoisotopic (exact) mass is 431 g/mol. The van der Waals surface area contributed by atoms with Gasteiger partial charge in [-0.3, -0.25) is 9.59 Å². The van der Waals surface area contributed by atoms with Gasteiger partial charge in [-0.05, 0) is 53.0 Å². The van der Waals surface area contributed by atoms with Gasteiger partial charge in [-0.2, -0.15) is 0 Å². The Morgan fingerprint density at radius 1 is 1.16 bits per heavy atom. The van der Waals surface area contributed by atoms with Crippen LogP contribution in [0, 0.1) is 6.92 Å². The molecule has 172 valence electrons. The minimum Gasteiger partial charge on any atom is -0.444 e. The molecule has 7 heteroatoms. The van der Waals surface area contributed by atoms with Gasteiger partial charge in [-0.1, -0.05) is 49.1 Å². The van der Waals surface area contributed by atoms with Crippen LogP contribution in [0.1, 0.15) is 77.0 Å². The topological polar surface area (TPSA) is 87.7 Å². The molecule has 2 N–H and O–H groups in total. The van der Waals surface area contributed by atoms with E-state index in [9.17, 15) is 14.4 Å². The molecular weight excluding hydrogens is 394 g/mol. The summed E-state index contributed by atoms with van der Waals surface area (Å²) < 4.78 is 5.21. The highest BCUT2D eigenvalue weighted by atomic mass is 16.6. The molecule has 0 bridgehead atoms. The number of hydrogen-bond acceptors (Lipinski definition) is 4. The van der Waals surface area contributed by atoms with E-state index in [4.69, 9.17) is 4.74 Å². The summed E-state index contributed by atoms with van der Waals surface area (Å²) in [5.74, 6) is -0.511. The van der Waals surface area contributed by atoms with Crippen molar-refractivity contribution in [3.8, 4) is 0 Å². The van der Waals surface area contributed by atoms with Crippen LogP contribution in [0.4, 0.5) is 4.79 Å². The number of likely N-dealkylation sites (N-methyl/N-ethyl adjacent to an activating group) is 1. The molecule has 1 fully saturated rings. The Kier molecular flexibility index (Phi) is 8.89. The highest BCUT2D eigenvalue weighted by molar-refractivity contribution is 5.90. The highest BCUT2D eigenvalue weighted by Crippen LogP contribution is 2.24. The first kappa shape index (κ1) is 24.7. The summed E-state index contributed by atoms with van der Waals surface area (Å²) in [7, 11) is 0. The number of carbonyl (C=O) groups is 3. The van der Waals surface area contributed by atoms with Crippen molar-refractivity contribution < 1.29 is 19.1 Å². The predicted molar refractivity (Wildman–Crippen MR) is 121 cm³/mol. The average Bonchev–Trinajstić information content (AvgIpc) is 2.69. The molecule has 0 aliphatic heterocycles. The zero-order chi connectivity index (χ0) is 23.0. The van der Waals surface area contributed by atoms with E-state index in [2.05, 4.69) is 10.6 Å². The summed E-state index contributed by atoms with van der Waals surface area (Å²) in [6, 6.07) is 7.05. The van der Waals surface area contributed by atoms with E-state index in [0.29, 0.717) is 6.54 Å². The number of nitrogens with zero attached hydrogens (tertiary/aromatic N) is 1. The van der Waals surface area contributed by atoms with Crippen LogP contribution in [-0.2, 0) is 14.3 Å². The fraction of sp³-hybridized carbons (Fsp3) is 0.625. The maximum absolute atomic E-state index is 13.3. The van der Waals surface area contributed by atoms with Crippen molar-refractivity contribution in [2.45, 2.75) is 84.4 Å². The van der Waals surface area contributed by atoms with Gasteiger partial charge in [0.15, 0.2) is 0 Å². The highest BCUT2D eigenvalue weighted by Gasteiger charge is 2.32. The van der Waals surface area contributed by atoms with Crippen LogP contribution in [0.25, 0.3) is 0 Å². The molecule has 0 saturated heterocycles. The number of benzene rings is 1. The van der Waals surface area contributed by atoms with Gasteiger partial charge in [0, 0.05) is 12.6 Å². The summed E-state index contributed by atoms with van der Waals surface area (Å²) in [6.45, 7) is 9.18. The smallest absolute Gasteiger partial charge is 0.408 e. The predicted octanol–water partition coefficient (Wildman–Crippen LogP) is 3.86. The van der Waals surface area contributed by atoms with E-state index >= 15 is 0 Å². The number of ether oxygens (including phenoxy) is 1. The molecule has 7 nitrogen and oxygen atoms in total. The molecule has 3 amide bonds. The van der Waals surface area contributed by atoms with Crippen molar-refractivity contribution in [3.63, 3.8) is 0 Å². The van der Waals surface area contributed by atoms with Crippen LogP contribution in [-0.4, -0.2) is 47.5 Å². The fourth-order valence-electron chi connectivity index (χ4n) is 3.91. The number of aryl methyl sites for hydroxylation is 1. The Balaban J connectivity index is 2.18. The average molecular weight is 432 g/mol. The Bertz CT molecular complexity index is 766. The van der Waals surface area contributed by atoms with Gasteiger partial charge < -0.3 is 20.3 Å². The Morgan fingerprint density at radius 3 is 2.42 bits per heavy atom. The number of hydrogen-bond donors (Lipinski definition) is 2. The van der Waals surface area contributed by atoms with Crippen LogP contribution in [0.5, 0.6) is 0 Å². The van der Waals surface area contributed by atoms with Crippen LogP contribution < -0.4 is 10.6 Å². The Hall–Kier alpha value is -2.57. The van der Waals surface area contributed by atoms with Crippen LogP contribution in [0.2, 0.25) is 0 Å². The molecule has 1 aromatic carbocycles. The van der Waals surface area contributed by atoms with E-state index in [1.54, 1.807) is 20.8 Å². The number of nitrogens with one attached hydrogen (secondary N) is 2. The van der Waals surface area contributed by atoms with Crippen molar-refractivity contribution in [1.29, 1.82) is 0 Å². The first-order valence-electron chi connectivity index (χ1n) is 11.2. The van der Waals surface area contributed by atoms with Crippen LogP contribution in [0.3, 0.4) is 0 Å². The van der Waals surface area contributed by atoms with Gasteiger partial charge in [0.1, 0.15) is 18.2 Å². The third-order valence-corrected chi connectivity index (χ3v) is 5.31. The molecule has 1 aliphatic rings. The molecule has 1 saturated carbocycles. The minimum atomic E-state index is -0.750. The molecule has 0 radical (unpaired) electrons. The number of amides is 3. The second-order valence-electron chi connectivity index (χ2n) is 9.20. The Morgan fingerprint density at radius 2 is 1.84 bits per heavy atom. The van der Waals surface area contributed by atoms with E-state index in [-0.39, 0.29) is 24.4 Å². The lowest BCUT2D eigenvalue weighted by Gasteiger charge is -2.33. The lowest BCUT2D eigenvalue weighted by molar-refractivity contribution is -0.140. The third kappa shape index (κ3) is 7.89. The van der Waals surface area contributed by atoms with Crippen molar-refractivity contribution in [1.82, 2.24) is 15.5 Å². The maximum Gasteiger partial charge on any atom is 0.408 e. The summed E-state index contributed by atoms with van der Waals surface area (Å²) in [5.41, 5.74) is 1.13. The van der Waals surface area contributed by atoms with E-state index in [0.717, 1.165) is 36.8 Å². The molecule has 0 heterocycles. The molecule has 1 aromatic rings. The summed E-state index contributed by atoms with van der Waals surface area (Å²) in [4.78, 5) is 39.8. The van der Waals surface area contributed by atoms with Crippen molar-refractivity contribution >= 4 is 17.9 Å². The molecule has 31 heavy (non-hydrogen) atoms. The summed E-state index contributed by atoms with van der Waals surface area (Å²) in [5, 5.41) is 5.67. The van der Waals surface area contributed by atoms with Gasteiger partial charge in [-0.25, -0.2) is 4.79 Å². The van der Waals surface area contributed by atoms with Crippen LogP contribution in [0.15, 0.2) is 24.3 Å². The van der Waals surface area contributed by atoms with Gasteiger partial charge in [-0.15, -0.1) is 0 Å². The quantitative estimate of drug-likeness (QED) is 0.686. The minimum absolute atomic E-state index is 0.141. The van der Waals surface area contributed by atoms with E-state index in [1.165, 1.54) is 11.3 Å². The summed E-state index contributed by atoms with van der Waals surface area (Å²) in [6.07, 6.45) is 4.69. The second kappa shape index (κ2) is 11.2. The largest absolute Gasteiger partial charge is 0.444 e. The molecule has 0 spiro atoms.